The number of carbonyl (C=O) groups is 1. The maximum Gasteiger partial charge on any atom is 0.325 e. The van der Waals surface area contributed by atoms with E-state index in [1.165, 1.54) is 0 Å². The molecule has 0 aliphatic heterocycles. The first kappa shape index (κ1) is 11.4. The minimum absolute atomic E-state index is 0.215. The van der Waals surface area contributed by atoms with Gasteiger partial charge >= 0.3 is 5.97 Å². The molecule has 1 aromatic carbocycles. The summed E-state index contributed by atoms with van der Waals surface area (Å²) in [5.41, 5.74) is 3.99. The molecule has 1 aromatic rings. The standard InChI is InChI=1S/C8H5F4NO2/c9-3-1-2(7(13)8(14)15)4(10)6(12)5(3)11/h1,7H,13H2,(H,14,15)/t7-/m0/s1. The van der Waals surface area contributed by atoms with Crippen LogP contribution in [0.2, 0.25) is 0 Å². The zero-order chi connectivity index (χ0) is 11.7. The number of carboxylic acids is 1. The van der Waals surface area contributed by atoms with Gasteiger partial charge in [0.1, 0.15) is 6.04 Å². The molecule has 0 fully saturated rings. The summed E-state index contributed by atoms with van der Waals surface area (Å²) in [5.74, 6) is -9.26. The van der Waals surface area contributed by atoms with Crippen molar-refractivity contribution in [2.24, 2.45) is 5.73 Å². The van der Waals surface area contributed by atoms with E-state index >= 15 is 0 Å². The van der Waals surface area contributed by atoms with Crippen molar-refractivity contribution < 1.29 is 27.5 Å². The van der Waals surface area contributed by atoms with E-state index in [-0.39, 0.29) is 6.07 Å². The van der Waals surface area contributed by atoms with E-state index in [9.17, 15) is 22.4 Å². The van der Waals surface area contributed by atoms with Gasteiger partial charge in [0.2, 0.25) is 0 Å². The zero-order valence-electron chi connectivity index (χ0n) is 7.10. The maximum absolute atomic E-state index is 12.9. The van der Waals surface area contributed by atoms with Crippen LogP contribution in [0, 0.1) is 23.3 Å². The average Bonchev–Trinajstić information content (AvgIpc) is 2.19. The number of hydrogen-bond donors (Lipinski definition) is 2. The smallest absolute Gasteiger partial charge is 0.325 e. The fourth-order valence-electron chi connectivity index (χ4n) is 0.950. The number of nitrogens with two attached hydrogens (primary N) is 1. The van der Waals surface area contributed by atoms with Crippen LogP contribution in [0.4, 0.5) is 17.6 Å². The van der Waals surface area contributed by atoms with Crippen LogP contribution >= 0.6 is 0 Å². The Morgan fingerprint density at radius 2 is 1.73 bits per heavy atom. The lowest BCUT2D eigenvalue weighted by atomic mass is 10.1. The van der Waals surface area contributed by atoms with Crippen molar-refractivity contribution in [1.29, 1.82) is 0 Å². The quantitative estimate of drug-likeness (QED) is 0.451. The van der Waals surface area contributed by atoms with Crippen LogP contribution < -0.4 is 5.73 Å². The summed E-state index contributed by atoms with van der Waals surface area (Å²) in [4.78, 5) is 10.3. The molecule has 3 nitrogen and oxygen atoms in total. The van der Waals surface area contributed by atoms with Crippen LogP contribution in [-0.2, 0) is 4.79 Å². The molecule has 0 amide bonds. The molecule has 3 N–H and O–H groups in total. The van der Waals surface area contributed by atoms with Gasteiger partial charge in [-0.15, -0.1) is 0 Å². The number of rotatable bonds is 2. The molecular weight excluding hydrogens is 218 g/mol. The van der Waals surface area contributed by atoms with E-state index in [2.05, 4.69) is 0 Å². The van der Waals surface area contributed by atoms with Crippen LogP contribution in [0.3, 0.4) is 0 Å². The molecule has 0 heterocycles. The van der Waals surface area contributed by atoms with Crippen molar-refractivity contribution >= 4 is 5.97 Å². The Morgan fingerprint density at radius 3 is 2.20 bits per heavy atom. The van der Waals surface area contributed by atoms with Crippen LogP contribution in [0.1, 0.15) is 11.6 Å². The van der Waals surface area contributed by atoms with Crippen LogP contribution in [0.15, 0.2) is 6.07 Å². The third kappa shape index (κ3) is 1.91. The highest BCUT2D eigenvalue weighted by Gasteiger charge is 2.25. The summed E-state index contributed by atoms with van der Waals surface area (Å²) in [5, 5.41) is 8.38. The predicted molar refractivity (Wildman–Crippen MR) is 40.8 cm³/mol. The van der Waals surface area contributed by atoms with E-state index in [4.69, 9.17) is 10.8 Å². The molecule has 0 unspecified atom stereocenters. The number of aliphatic carboxylic acids is 1. The Bertz CT molecular complexity index is 422. The summed E-state index contributed by atoms with van der Waals surface area (Å²) in [6.45, 7) is 0. The minimum atomic E-state index is -2.08. The van der Waals surface area contributed by atoms with Crippen LogP contribution in [-0.4, -0.2) is 11.1 Å². The van der Waals surface area contributed by atoms with Gasteiger partial charge in [-0.3, -0.25) is 4.79 Å². The van der Waals surface area contributed by atoms with Gasteiger partial charge in [-0.05, 0) is 6.07 Å². The second kappa shape index (κ2) is 3.85. The number of hydrogen-bond acceptors (Lipinski definition) is 2. The van der Waals surface area contributed by atoms with Gasteiger partial charge in [0.15, 0.2) is 23.3 Å². The second-order valence-corrected chi connectivity index (χ2v) is 2.71. The summed E-state index contributed by atoms with van der Waals surface area (Å²) < 4.78 is 50.6. The minimum Gasteiger partial charge on any atom is -0.480 e. The molecule has 0 bridgehead atoms. The molecule has 0 aliphatic carbocycles. The first-order chi connectivity index (χ1) is 6.86. The Kier molecular flexibility index (Phi) is 2.94. The Hall–Kier alpha value is -1.63. The Morgan fingerprint density at radius 1 is 1.20 bits per heavy atom. The van der Waals surface area contributed by atoms with E-state index in [1.807, 2.05) is 0 Å². The molecule has 1 atom stereocenters. The normalized spacial score (nSPS) is 12.6. The lowest BCUT2D eigenvalue weighted by molar-refractivity contribution is -0.138. The molecule has 0 aliphatic rings. The van der Waals surface area contributed by atoms with Crippen molar-refractivity contribution in [3.63, 3.8) is 0 Å². The van der Waals surface area contributed by atoms with Crippen molar-refractivity contribution in [2.75, 3.05) is 0 Å². The van der Waals surface area contributed by atoms with Crippen molar-refractivity contribution in [3.8, 4) is 0 Å². The van der Waals surface area contributed by atoms with Gasteiger partial charge in [-0.1, -0.05) is 0 Å². The molecule has 0 aromatic heterocycles. The first-order valence-electron chi connectivity index (χ1n) is 3.67. The highest BCUT2D eigenvalue weighted by molar-refractivity contribution is 5.75. The lowest BCUT2D eigenvalue weighted by Gasteiger charge is -2.09. The van der Waals surface area contributed by atoms with E-state index in [1.54, 1.807) is 0 Å². The SMILES string of the molecule is N[C@H](C(=O)O)c1cc(F)c(F)c(F)c1F. The van der Waals surface area contributed by atoms with Crippen molar-refractivity contribution in [3.05, 3.63) is 34.9 Å². The fourth-order valence-corrected chi connectivity index (χ4v) is 0.950. The molecule has 7 heteroatoms. The molecule has 1 rings (SSSR count). The van der Waals surface area contributed by atoms with Gasteiger partial charge in [-0.2, -0.15) is 0 Å². The van der Waals surface area contributed by atoms with E-state index < -0.39 is 40.8 Å². The second-order valence-electron chi connectivity index (χ2n) is 2.71. The zero-order valence-corrected chi connectivity index (χ0v) is 7.10. The summed E-state index contributed by atoms with van der Waals surface area (Å²) in [6.07, 6.45) is 0. The number of carboxylic acid groups (broad SMARTS) is 1. The summed E-state index contributed by atoms with van der Waals surface area (Å²) in [6, 6.07) is -1.73. The van der Waals surface area contributed by atoms with Crippen LogP contribution in [0.5, 0.6) is 0 Å². The van der Waals surface area contributed by atoms with Gasteiger partial charge < -0.3 is 10.8 Å². The molecule has 82 valence electrons. The maximum atomic E-state index is 12.9. The Balaban J connectivity index is 3.38. The van der Waals surface area contributed by atoms with Crippen molar-refractivity contribution in [2.45, 2.75) is 6.04 Å². The van der Waals surface area contributed by atoms with Gasteiger partial charge in [0.25, 0.3) is 0 Å². The van der Waals surface area contributed by atoms with Crippen molar-refractivity contribution in [1.82, 2.24) is 0 Å². The van der Waals surface area contributed by atoms with E-state index in [0.29, 0.717) is 0 Å². The van der Waals surface area contributed by atoms with Gasteiger partial charge in [0.05, 0.1) is 0 Å². The topological polar surface area (TPSA) is 63.3 Å². The number of benzene rings is 1. The highest BCUT2D eigenvalue weighted by atomic mass is 19.2. The average molecular weight is 223 g/mol. The monoisotopic (exact) mass is 223 g/mol. The molecular formula is C8H5F4NO2. The first-order valence-corrected chi connectivity index (χ1v) is 3.67. The van der Waals surface area contributed by atoms with E-state index in [0.717, 1.165) is 0 Å². The molecule has 0 saturated heterocycles. The fraction of sp³-hybridized carbons (Fsp3) is 0.125. The van der Waals surface area contributed by atoms with Gasteiger partial charge in [0, 0.05) is 5.56 Å². The summed E-state index contributed by atoms with van der Waals surface area (Å²) in [7, 11) is 0. The predicted octanol–water partition coefficient (Wildman–Crippen LogP) is 1.33. The highest BCUT2D eigenvalue weighted by Crippen LogP contribution is 2.22. The largest absolute Gasteiger partial charge is 0.480 e. The molecule has 0 spiro atoms. The molecule has 15 heavy (non-hydrogen) atoms. The third-order valence-corrected chi connectivity index (χ3v) is 1.73. The van der Waals surface area contributed by atoms with Crippen LogP contribution in [0.25, 0.3) is 0 Å². The number of halogens is 4. The molecule has 0 saturated carbocycles. The third-order valence-electron chi connectivity index (χ3n) is 1.73. The lowest BCUT2D eigenvalue weighted by Crippen LogP contribution is -2.23. The van der Waals surface area contributed by atoms with Gasteiger partial charge in [-0.25, -0.2) is 17.6 Å². The summed E-state index contributed by atoms with van der Waals surface area (Å²) >= 11 is 0. The molecule has 0 radical (unpaired) electrons. The Labute approximate surface area is 81.1 Å².